The molecular weight excluding hydrogens is 246 g/mol. The van der Waals surface area contributed by atoms with E-state index < -0.39 is 0 Å². The molecule has 2 nitrogen and oxygen atoms in total. The van der Waals surface area contributed by atoms with Gasteiger partial charge < -0.3 is 10.8 Å². The van der Waals surface area contributed by atoms with E-state index in [0.29, 0.717) is 0 Å². The molecule has 114 valence electrons. The quantitative estimate of drug-likeness (QED) is 0.418. The molecule has 1 rings (SSSR count). The molecule has 0 bridgehead atoms. The minimum absolute atomic E-state index is 0.259. The number of rotatable bonds is 11. The molecule has 0 amide bonds. The average Bonchev–Trinajstić information content (AvgIpc) is 2.43. The van der Waals surface area contributed by atoms with Gasteiger partial charge in [-0.3, -0.25) is 0 Å². The monoisotopic (exact) mass is 277 g/mol. The second-order valence-electron chi connectivity index (χ2n) is 5.82. The fourth-order valence-corrected chi connectivity index (χ4v) is 2.61. The van der Waals surface area contributed by atoms with Gasteiger partial charge in [-0.25, -0.2) is 0 Å². The Bertz CT molecular complexity index is 362. The number of anilines is 1. The van der Waals surface area contributed by atoms with Crippen LogP contribution in [0.3, 0.4) is 0 Å². The minimum atomic E-state index is 0.259. The van der Waals surface area contributed by atoms with Crippen molar-refractivity contribution >= 4 is 5.69 Å². The number of nitrogen functional groups attached to an aromatic ring is 1. The fraction of sp³-hybridized carbons (Fsp3) is 0.667. The first-order valence-corrected chi connectivity index (χ1v) is 8.31. The Morgan fingerprint density at radius 2 is 1.40 bits per heavy atom. The zero-order valence-corrected chi connectivity index (χ0v) is 13.0. The standard InChI is InChI=1S/C18H31NO/c1-2-3-4-5-6-7-8-9-10-11-12-16-13-14-17(20)15-18(16)19/h13-15,20H,2-12,19H2,1H3. The van der Waals surface area contributed by atoms with Gasteiger partial charge in [-0.05, 0) is 24.5 Å². The number of nitrogens with two attached hydrogens (primary N) is 1. The van der Waals surface area contributed by atoms with Crippen LogP contribution in [0.1, 0.15) is 76.7 Å². The predicted octanol–water partition coefficient (Wildman–Crippen LogP) is 5.44. The first kappa shape index (κ1) is 16.9. The number of aryl methyl sites for hydroxylation is 1. The number of hydrogen-bond acceptors (Lipinski definition) is 2. The summed E-state index contributed by atoms with van der Waals surface area (Å²) < 4.78 is 0. The zero-order chi connectivity index (χ0) is 14.6. The molecule has 0 aliphatic heterocycles. The van der Waals surface area contributed by atoms with E-state index in [9.17, 15) is 5.11 Å². The molecule has 0 saturated heterocycles. The van der Waals surface area contributed by atoms with Crippen LogP contribution in [0.2, 0.25) is 0 Å². The highest BCUT2D eigenvalue weighted by Crippen LogP contribution is 2.21. The lowest BCUT2D eigenvalue weighted by Crippen LogP contribution is -1.94. The van der Waals surface area contributed by atoms with Gasteiger partial charge in [0, 0.05) is 11.8 Å². The fourth-order valence-electron chi connectivity index (χ4n) is 2.61. The van der Waals surface area contributed by atoms with Crippen LogP contribution >= 0.6 is 0 Å². The minimum Gasteiger partial charge on any atom is -0.508 e. The Morgan fingerprint density at radius 1 is 0.850 bits per heavy atom. The van der Waals surface area contributed by atoms with Crippen LogP contribution in [0.25, 0.3) is 0 Å². The Kier molecular flexibility index (Phi) is 8.93. The number of unbranched alkanes of at least 4 members (excludes halogenated alkanes) is 9. The summed E-state index contributed by atoms with van der Waals surface area (Å²) in [5.74, 6) is 0.259. The SMILES string of the molecule is CCCCCCCCCCCCc1ccc(O)cc1N. The average molecular weight is 277 g/mol. The molecule has 0 radical (unpaired) electrons. The van der Waals surface area contributed by atoms with Gasteiger partial charge in [-0.1, -0.05) is 70.8 Å². The van der Waals surface area contributed by atoms with Crippen molar-refractivity contribution in [1.29, 1.82) is 0 Å². The molecule has 1 aromatic carbocycles. The van der Waals surface area contributed by atoms with Crippen molar-refractivity contribution in [3.8, 4) is 5.75 Å². The molecule has 0 heterocycles. The van der Waals surface area contributed by atoms with E-state index in [4.69, 9.17) is 5.73 Å². The van der Waals surface area contributed by atoms with Crippen molar-refractivity contribution in [3.63, 3.8) is 0 Å². The number of phenols is 1. The van der Waals surface area contributed by atoms with E-state index >= 15 is 0 Å². The second kappa shape index (κ2) is 10.6. The third kappa shape index (κ3) is 7.42. The highest BCUT2D eigenvalue weighted by molar-refractivity contribution is 5.50. The van der Waals surface area contributed by atoms with Gasteiger partial charge in [0.05, 0.1) is 0 Å². The van der Waals surface area contributed by atoms with Crippen LogP contribution in [0.5, 0.6) is 5.75 Å². The molecular formula is C18H31NO. The van der Waals surface area contributed by atoms with Crippen molar-refractivity contribution in [2.24, 2.45) is 0 Å². The Labute approximate surface area is 124 Å². The number of phenolic OH excluding ortho intramolecular Hbond substituents is 1. The maximum atomic E-state index is 9.30. The molecule has 0 unspecified atom stereocenters. The van der Waals surface area contributed by atoms with Gasteiger partial charge in [-0.15, -0.1) is 0 Å². The number of benzene rings is 1. The molecule has 0 spiro atoms. The van der Waals surface area contributed by atoms with Gasteiger partial charge in [0.1, 0.15) is 5.75 Å². The molecule has 0 saturated carbocycles. The van der Waals surface area contributed by atoms with Gasteiger partial charge >= 0.3 is 0 Å². The first-order chi connectivity index (χ1) is 9.74. The highest BCUT2D eigenvalue weighted by Gasteiger charge is 2.00. The largest absolute Gasteiger partial charge is 0.508 e. The molecule has 20 heavy (non-hydrogen) atoms. The van der Waals surface area contributed by atoms with Crippen LogP contribution in [0.15, 0.2) is 18.2 Å². The molecule has 0 aliphatic carbocycles. The van der Waals surface area contributed by atoms with Crippen LogP contribution in [-0.2, 0) is 6.42 Å². The third-order valence-corrected chi connectivity index (χ3v) is 3.93. The van der Waals surface area contributed by atoms with Crippen LogP contribution < -0.4 is 5.73 Å². The molecule has 0 aliphatic rings. The van der Waals surface area contributed by atoms with E-state index in [0.717, 1.165) is 12.1 Å². The predicted molar refractivity (Wildman–Crippen MR) is 88.1 cm³/mol. The van der Waals surface area contributed by atoms with Crippen molar-refractivity contribution in [2.45, 2.75) is 77.6 Å². The van der Waals surface area contributed by atoms with Crippen molar-refractivity contribution in [1.82, 2.24) is 0 Å². The summed E-state index contributed by atoms with van der Waals surface area (Å²) in [6, 6.07) is 5.31. The molecule has 2 heteroatoms. The summed E-state index contributed by atoms with van der Waals surface area (Å²) in [6.45, 7) is 2.26. The van der Waals surface area contributed by atoms with E-state index in [1.54, 1.807) is 12.1 Å². The highest BCUT2D eigenvalue weighted by atomic mass is 16.3. The Morgan fingerprint density at radius 3 is 1.95 bits per heavy atom. The van der Waals surface area contributed by atoms with E-state index in [1.807, 2.05) is 6.07 Å². The maximum absolute atomic E-state index is 9.30. The topological polar surface area (TPSA) is 46.2 Å². The lowest BCUT2D eigenvalue weighted by atomic mass is 10.0. The van der Waals surface area contributed by atoms with Crippen LogP contribution in [-0.4, -0.2) is 5.11 Å². The second-order valence-corrected chi connectivity index (χ2v) is 5.82. The van der Waals surface area contributed by atoms with Gasteiger partial charge in [0.2, 0.25) is 0 Å². The smallest absolute Gasteiger partial charge is 0.117 e. The lowest BCUT2D eigenvalue weighted by molar-refractivity contribution is 0.475. The molecule has 1 aromatic rings. The summed E-state index contributed by atoms with van der Waals surface area (Å²) in [4.78, 5) is 0. The van der Waals surface area contributed by atoms with Gasteiger partial charge in [0.15, 0.2) is 0 Å². The molecule has 0 aromatic heterocycles. The van der Waals surface area contributed by atoms with Crippen molar-refractivity contribution in [3.05, 3.63) is 23.8 Å². The third-order valence-electron chi connectivity index (χ3n) is 3.93. The van der Waals surface area contributed by atoms with Crippen molar-refractivity contribution in [2.75, 3.05) is 5.73 Å². The van der Waals surface area contributed by atoms with Gasteiger partial charge in [-0.2, -0.15) is 0 Å². The Hall–Kier alpha value is -1.18. The summed E-state index contributed by atoms with van der Waals surface area (Å²) >= 11 is 0. The molecule has 0 fully saturated rings. The molecule has 3 N–H and O–H groups in total. The summed E-state index contributed by atoms with van der Waals surface area (Å²) in [6.07, 6.45) is 14.6. The van der Waals surface area contributed by atoms with Crippen LogP contribution in [0.4, 0.5) is 5.69 Å². The number of hydrogen-bond donors (Lipinski definition) is 2. The molecule has 0 atom stereocenters. The van der Waals surface area contributed by atoms with E-state index in [1.165, 1.54) is 69.8 Å². The lowest BCUT2D eigenvalue weighted by Gasteiger charge is -2.06. The Balaban J connectivity index is 1.97. The normalized spacial score (nSPS) is 10.8. The van der Waals surface area contributed by atoms with E-state index in [-0.39, 0.29) is 5.75 Å². The summed E-state index contributed by atoms with van der Waals surface area (Å²) in [5, 5.41) is 9.30. The van der Waals surface area contributed by atoms with E-state index in [2.05, 4.69) is 6.92 Å². The summed E-state index contributed by atoms with van der Waals surface area (Å²) in [7, 11) is 0. The summed E-state index contributed by atoms with van der Waals surface area (Å²) in [5.41, 5.74) is 7.77. The van der Waals surface area contributed by atoms with Crippen molar-refractivity contribution < 1.29 is 5.11 Å². The first-order valence-electron chi connectivity index (χ1n) is 8.31. The van der Waals surface area contributed by atoms with Crippen LogP contribution in [0, 0.1) is 0 Å². The zero-order valence-electron chi connectivity index (χ0n) is 13.0. The van der Waals surface area contributed by atoms with Gasteiger partial charge in [0.25, 0.3) is 0 Å². The maximum Gasteiger partial charge on any atom is 0.117 e. The number of aromatic hydroxyl groups is 1.